The highest BCUT2D eigenvalue weighted by Gasteiger charge is 2.66. The lowest BCUT2D eigenvalue weighted by Gasteiger charge is -2.37. The number of hydrogen-bond donors (Lipinski definition) is 3. The Morgan fingerprint density at radius 2 is 1.72 bits per heavy atom. The van der Waals surface area contributed by atoms with E-state index in [1.165, 1.54) is 5.19 Å². The number of aliphatic hydroxyl groups excluding tert-OH is 1. The van der Waals surface area contributed by atoms with Crippen LogP contribution in [-0.2, 0) is 28.2 Å². The number of hydrogen-bond acceptors (Lipinski definition) is 8. The topological polar surface area (TPSA) is 145 Å². The van der Waals surface area contributed by atoms with E-state index in [4.69, 9.17) is 26.8 Å². The Hall–Kier alpha value is -5.79. The summed E-state index contributed by atoms with van der Waals surface area (Å²) in [5.74, 6) is -0.109. The molecule has 1 unspecified atom stereocenters. The average molecular weight is 841 g/mol. The third-order valence-electron chi connectivity index (χ3n) is 12.5. The fraction of sp³-hybridized carbons (Fsp3) is 0.277. The second-order valence-corrected chi connectivity index (χ2v) is 21.4. The molecule has 0 aliphatic carbocycles. The van der Waals surface area contributed by atoms with Crippen molar-refractivity contribution >= 4 is 53.7 Å². The lowest BCUT2D eigenvalue weighted by Crippen LogP contribution is -2.51. The van der Waals surface area contributed by atoms with Gasteiger partial charge in [0.2, 0.25) is 0 Å². The number of aliphatic hydroxyl groups is 1. The summed E-state index contributed by atoms with van der Waals surface area (Å²) in [6.45, 7) is 7.57. The number of nitrogens with one attached hydrogen (secondary N) is 1. The monoisotopic (exact) mass is 840 g/mol. The molecule has 2 aliphatic rings. The molecule has 8 rings (SSSR count). The number of carbonyl (C=O) groups is 2. The predicted octanol–water partition coefficient (Wildman–Crippen LogP) is 7.75. The minimum absolute atomic E-state index is 0.00285. The van der Waals surface area contributed by atoms with Gasteiger partial charge in [0.15, 0.2) is 5.60 Å². The minimum atomic E-state index is -2.41. The molecule has 6 aromatic rings. The third-order valence-corrected chi connectivity index (χ3v) is 17.1. The van der Waals surface area contributed by atoms with Crippen molar-refractivity contribution in [3.05, 3.63) is 160 Å². The number of methoxy groups -OCH3 is 1. The van der Waals surface area contributed by atoms with E-state index < -0.39 is 13.7 Å². The summed E-state index contributed by atoms with van der Waals surface area (Å²) >= 11 is 6.75. The fourth-order valence-corrected chi connectivity index (χ4v) is 13.6. The summed E-state index contributed by atoms with van der Waals surface area (Å²) in [6.07, 6.45) is 2.15. The van der Waals surface area contributed by atoms with E-state index in [0.29, 0.717) is 47.2 Å². The lowest BCUT2D eigenvalue weighted by molar-refractivity contribution is -0.146. The van der Waals surface area contributed by atoms with Crippen molar-refractivity contribution in [1.29, 1.82) is 0 Å². The first-order valence-electron chi connectivity index (χ1n) is 20.2. The van der Waals surface area contributed by atoms with Gasteiger partial charge in [-0.05, 0) is 89.8 Å². The van der Waals surface area contributed by atoms with Crippen LogP contribution in [-0.4, -0.2) is 59.8 Å². The second kappa shape index (κ2) is 16.7. The summed E-state index contributed by atoms with van der Waals surface area (Å²) in [5, 5.41) is 24.0. The molecule has 308 valence electrons. The van der Waals surface area contributed by atoms with Gasteiger partial charge < -0.3 is 30.5 Å². The minimum Gasteiger partial charge on any atom is -0.497 e. The maximum Gasteiger partial charge on any atom is 0.264 e. The Kier molecular flexibility index (Phi) is 11.4. The number of benzene rings is 5. The molecular formula is C47H49ClN6O5Si. The Bertz CT molecular complexity index is 2480. The second-order valence-electron chi connectivity index (χ2n) is 16.3. The zero-order valence-corrected chi connectivity index (χ0v) is 35.8. The summed E-state index contributed by atoms with van der Waals surface area (Å²) in [7, 11) is -0.749. The number of aromatic nitrogens is 3. The van der Waals surface area contributed by atoms with E-state index in [1.54, 1.807) is 31.4 Å². The van der Waals surface area contributed by atoms with Gasteiger partial charge in [-0.2, -0.15) is 0 Å². The van der Waals surface area contributed by atoms with Crippen molar-refractivity contribution in [1.82, 2.24) is 15.0 Å². The summed E-state index contributed by atoms with van der Waals surface area (Å²) in [5.41, 5.74) is 10.3. The van der Waals surface area contributed by atoms with Crippen molar-refractivity contribution in [3.8, 4) is 5.75 Å². The average Bonchev–Trinajstić information content (AvgIpc) is 3.91. The molecule has 5 aromatic carbocycles. The molecular weight excluding hydrogens is 792 g/mol. The molecule has 0 radical (unpaired) electrons. The molecule has 2 aliphatic heterocycles. The summed E-state index contributed by atoms with van der Waals surface area (Å²) in [4.78, 5) is 30.0. The Labute approximate surface area is 356 Å². The van der Waals surface area contributed by atoms with Crippen LogP contribution in [0.5, 0.6) is 5.75 Å². The number of ether oxygens (including phenoxy) is 2. The predicted molar refractivity (Wildman–Crippen MR) is 237 cm³/mol. The molecule has 13 heteroatoms. The van der Waals surface area contributed by atoms with Gasteiger partial charge in [-0.15, -0.1) is 5.10 Å². The lowest BCUT2D eigenvalue weighted by atomic mass is 9.82. The van der Waals surface area contributed by atoms with Crippen molar-refractivity contribution in [2.45, 2.75) is 62.7 Å². The summed E-state index contributed by atoms with van der Waals surface area (Å²) < 4.78 is 14.7. The number of nitrogens with zero attached hydrogens (tertiary/aromatic N) is 4. The highest BCUT2D eigenvalue weighted by molar-refractivity contribution is 6.91. The van der Waals surface area contributed by atoms with E-state index in [2.05, 4.69) is 47.8 Å². The van der Waals surface area contributed by atoms with Crippen molar-refractivity contribution in [3.63, 3.8) is 0 Å². The standard InChI is InChI=1S/C47H49ClN6O5Si/c1-30-44(60(3,4)38-21-19-37(58-2)20-22-38)43(24-25-53-28-41(51-52-53)39(29-55)32-8-6-5-7-9-32)59-47(30)40-26-34(48)14-23-42(40)54(46(47)57)27-31-10-17-36(18-11-31)50-45(56)33-12-15-35(49)16-13-33/h5-23,26,28,30,39,43-44,55H,24-25,27,29,49H2,1-4H3,(H,50,56)/t30-,39?,43+,44-,47+/m0/s1. The van der Waals surface area contributed by atoms with E-state index in [1.807, 2.05) is 101 Å². The maximum absolute atomic E-state index is 15.3. The van der Waals surface area contributed by atoms with Crippen LogP contribution in [0.2, 0.25) is 23.7 Å². The molecule has 3 heterocycles. The molecule has 5 atom stereocenters. The smallest absolute Gasteiger partial charge is 0.264 e. The molecule has 1 fully saturated rings. The molecule has 1 aromatic heterocycles. The first-order valence-corrected chi connectivity index (χ1v) is 23.6. The molecule has 1 spiro atoms. The SMILES string of the molecule is COc1ccc([Si](C)(C)[C@@H]2[C@@H](CCn3cc(C(CO)c4ccccc4)nn3)O[C@]3(C(=O)N(Cc4ccc(NC(=O)c5ccc(N)cc5)cc4)c4ccc(Cl)cc43)[C@H]2C)cc1. The largest absolute Gasteiger partial charge is 0.497 e. The number of anilines is 3. The van der Waals surface area contributed by atoms with Gasteiger partial charge in [-0.1, -0.05) is 96.6 Å². The van der Waals surface area contributed by atoms with Gasteiger partial charge in [0.1, 0.15) is 5.75 Å². The van der Waals surface area contributed by atoms with Crippen LogP contribution < -0.4 is 25.9 Å². The molecule has 0 bridgehead atoms. The van der Waals surface area contributed by atoms with Gasteiger partial charge in [0.25, 0.3) is 11.8 Å². The van der Waals surface area contributed by atoms with Gasteiger partial charge in [-0.3, -0.25) is 14.3 Å². The number of rotatable bonds is 13. The third kappa shape index (κ3) is 7.60. The Morgan fingerprint density at radius 3 is 2.40 bits per heavy atom. The normalized spacial score (nSPS) is 20.3. The van der Waals surface area contributed by atoms with Crippen LogP contribution >= 0.6 is 11.6 Å². The number of nitrogens with two attached hydrogens (primary N) is 1. The highest BCUT2D eigenvalue weighted by Crippen LogP contribution is 2.60. The fourth-order valence-electron chi connectivity index (χ4n) is 9.32. The number of aryl methyl sites for hydroxylation is 1. The number of halogens is 1. The van der Waals surface area contributed by atoms with Crippen LogP contribution in [0, 0.1) is 5.92 Å². The molecule has 60 heavy (non-hydrogen) atoms. The first kappa shape index (κ1) is 41.0. The van der Waals surface area contributed by atoms with Crippen molar-refractivity contribution in [2.75, 3.05) is 29.7 Å². The van der Waals surface area contributed by atoms with Gasteiger partial charge in [-0.25, -0.2) is 0 Å². The van der Waals surface area contributed by atoms with Crippen LogP contribution in [0.15, 0.2) is 128 Å². The van der Waals surface area contributed by atoms with E-state index >= 15 is 4.79 Å². The molecule has 0 saturated carbocycles. The van der Waals surface area contributed by atoms with Crippen LogP contribution in [0.1, 0.15) is 52.0 Å². The van der Waals surface area contributed by atoms with E-state index in [-0.39, 0.29) is 41.9 Å². The maximum atomic E-state index is 15.3. The molecule has 11 nitrogen and oxygen atoms in total. The Balaban J connectivity index is 1.10. The van der Waals surface area contributed by atoms with E-state index in [0.717, 1.165) is 28.1 Å². The van der Waals surface area contributed by atoms with Gasteiger partial charge in [0, 0.05) is 46.2 Å². The van der Waals surface area contributed by atoms with Gasteiger partial charge >= 0.3 is 0 Å². The van der Waals surface area contributed by atoms with Gasteiger partial charge in [0.05, 0.1) is 51.7 Å². The molecule has 4 N–H and O–H groups in total. The van der Waals surface area contributed by atoms with Crippen molar-refractivity contribution < 1.29 is 24.2 Å². The number of amides is 2. The Morgan fingerprint density at radius 1 is 1.00 bits per heavy atom. The first-order chi connectivity index (χ1) is 28.9. The van der Waals surface area contributed by atoms with E-state index in [9.17, 15) is 9.90 Å². The zero-order valence-electron chi connectivity index (χ0n) is 34.1. The number of nitrogen functional groups attached to an aromatic ring is 1. The zero-order chi connectivity index (χ0) is 42.2. The highest BCUT2D eigenvalue weighted by atomic mass is 35.5. The van der Waals surface area contributed by atoms with Crippen molar-refractivity contribution in [2.24, 2.45) is 5.92 Å². The quantitative estimate of drug-likeness (QED) is 0.0792. The van der Waals surface area contributed by atoms with Crippen LogP contribution in [0.25, 0.3) is 0 Å². The number of carbonyl (C=O) groups excluding carboxylic acids is 2. The molecule has 2 amide bonds. The van der Waals surface area contributed by atoms with Crippen LogP contribution in [0.3, 0.4) is 0 Å². The van der Waals surface area contributed by atoms with Crippen LogP contribution in [0.4, 0.5) is 17.1 Å². The number of fused-ring (bicyclic) bond motifs is 2. The summed E-state index contributed by atoms with van der Waals surface area (Å²) in [6, 6.07) is 38.0. The molecule has 1 saturated heterocycles.